The van der Waals surface area contributed by atoms with E-state index in [0.29, 0.717) is 30.6 Å². The number of carbonyl (C=O) groups is 4. The van der Waals surface area contributed by atoms with Crippen molar-refractivity contribution in [3.8, 4) is 0 Å². The number of esters is 1. The number of nitrogens with one attached hydrogen (secondary N) is 1. The lowest BCUT2D eigenvalue weighted by Gasteiger charge is -2.12. The van der Waals surface area contributed by atoms with Gasteiger partial charge in [0.1, 0.15) is 0 Å². The molecule has 0 saturated heterocycles. The Balaban J connectivity index is 2.01. The Labute approximate surface area is 146 Å². The van der Waals surface area contributed by atoms with E-state index in [2.05, 4.69) is 10.1 Å². The Morgan fingerprint density at radius 2 is 1.84 bits per heavy atom. The van der Waals surface area contributed by atoms with Gasteiger partial charge in [0.25, 0.3) is 17.7 Å². The van der Waals surface area contributed by atoms with E-state index in [9.17, 15) is 19.2 Å². The quantitative estimate of drug-likeness (QED) is 0.440. The third kappa shape index (κ3) is 4.23. The summed E-state index contributed by atoms with van der Waals surface area (Å²) in [5, 5.41) is 2.68. The Bertz CT molecular complexity index is 699. The summed E-state index contributed by atoms with van der Waals surface area (Å²) in [7, 11) is 1.31. The molecular formula is C18H22N2O5. The van der Waals surface area contributed by atoms with Crippen LogP contribution in [0, 0.1) is 0 Å². The Morgan fingerprint density at radius 3 is 2.52 bits per heavy atom. The van der Waals surface area contributed by atoms with Crippen LogP contribution in [0.2, 0.25) is 0 Å². The number of ether oxygens (including phenoxy) is 1. The molecule has 0 aliphatic carbocycles. The molecule has 2 rings (SSSR count). The van der Waals surface area contributed by atoms with Gasteiger partial charge in [-0.1, -0.05) is 13.3 Å². The monoisotopic (exact) mass is 346 g/mol. The van der Waals surface area contributed by atoms with Crippen molar-refractivity contribution < 1.29 is 23.9 Å². The lowest BCUT2D eigenvalue weighted by molar-refractivity contribution is -0.140. The number of rotatable bonds is 8. The highest BCUT2D eigenvalue weighted by atomic mass is 16.5. The molecule has 0 spiro atoms. The first-order valence-electron chi connectivity index (χ1n) is 8.34. The smallest absolute Gasteiger partial charge is 0.305 e. The summed E-state index contributed by atoms with van der Waals surface area (Å²) in [6.07, 6.45) is 2.32. The van der Waals surface area contributed by atoms with E-state index in [1.807, 2.05) is 6.92 Å². The van der Waals surface area contributed by atoms with Crippen LogP contribution >= 0.6 is 0 Å². The van der Waals surface area contributed by atoms with E-state index < -0.39 is 0 Å². The molecule has 25 heavy (non-hydrogen) atoms. The van der Waals surface area contributed by atoms with Crippen LogP contribution in [0.25, 0.3) is 0 Å². The summed E-state index contributed by atoms with van der Waals surface area (Å²) >= 11 is 0. The fourth-order valence-electron chi connectivity index (χ4n) is 2.59. The van der Waals surface area contributed by atoms with Gasteiger partial charge in [-0.15, -0.1) is 0 Å². The molecule has 7 heteroatoms. The zero-order chi connectivity index (χ0) is 18.4. The van der Waals surface area contributed by atoms with Crippen LogP contribution in [0.3, 0.4) is 0 Å². The van der Waals surface area contributed by atoms with Gasteiger partial charge in [-0.05, 0) is 31.0 Å². The molecule has 0 unspecified atom stereocenters. The van der Waals surface area contributed by atoms with E-state index in [4.69, 9.17) is 0 Å². The van der Waals surface area contributed by atoms with E-state index in [1.165, 1.54) is 30.2 Å². The lowest BCUT2D eigenvalue weighted by Crippen LogP contribution is -2.30. The van der Waals surface area contributed by atoms with Crippen LogP contribution in [-0.2, 0) is 9.53 Å². The number of nitrogens with zero attached hydrogens (tertiary/aromatic N) is 1. The van der Waals surface area contributed by atoms with Gasteiger partial charge >= 0.3 is 5.97 Å². The van der Waals surface area contributed by atoms with E-state index in [-0.39, 0.29) is 35.7 Å². The maximum Gasteiger partial charge on any atom is 0.305 e. The standard InChI is InChI=1S/C18H22N2O5/c1-3-4-10-20-17(23)13-8-7-12(11-14(13)18(20)24)16(22)19-9-5-6-15(21)25-2/h7-8,11H,3-6,9-10H2,1-2H3,(H,19,22). The number of imide groups is 1. The third-order valence-electron chi connectivity index (χ3n) is 4.04. The molecule has 1 heterocycles. The largest absolute Gasteiger partial charge is 0.469 e. The van der Waals surface area contributed by atoms with Gasteiger partial charge in [0.2, 0.25) is 0 Å². The molecule has 3 amide bonds. The van der Waals surface area contributed by atoms with Gasteiger partial charge in [0, 0.05) is 25.1 Å². The Morgan fingerprint density at radius 1 is 1.12 bits per heavy atom. The SMILES string of the molecule is CCCCN1C(=O)c2ccc(C(=O)NCCCC(=O)OC)cc2C1=O. The molecule has 0 atom stereocenters. The van der Waals surface area contributed by atoms with Gasteiger partial charge in [-0.3, -0.25) is 24.1 Å². The van der Waals surface area contributed by atoms with Crippen LogP contribution < -0.4 is 5.32 Å². The summed E-state index contributed by atoms with van der Waals surface area (Å²) in [6, 6.07) is 4.50. The highest BCUT2D eigenvalue weighted by molar-refractivity contribution is 6.22. The predicted molar refractivity (Wildman–Crippen MR) is 90.3 cm³/mol. The van der Waals surface area contributed by atoms with Crippen molar-refractivity contribution in [1.82, 2.24) is 10.2 Å². The summed E-state index contributed by atoms with van der Waals surface area (Å²) in [5.41, 5.74) is 0.918. The fourth-order valence-corrected chi connectivity index (χ4v) is 2.59. The van der Waals surface area contributed by atoms with Crippen molar-refractivity contribution in [2.45, 2.75) is 32.6 Å². The molecular weight excluding hydrogens is 324 g/mol. The van der Waals surface area contributed by atoms with Crippen LogP contribution in [0.5, 0.6) is 0 Å². The molecule has 0 bridgehead atoms. The van der Waals surface area contributed by atoms with Crippen molar-refractivity contribution in [3.05, 3.63) is 34.9 Å². The third-order valence-corrected chi connectivity index (χ3v) is 4.04. The van der Waals surface area contributed by atoms with Crippen LogP contribution in [0.4, 0.5) is 0 Å². The summed E-state index contributed by atoms with van der Waals surface area (Å²) in [4.78, 5) is 49.0. The first kappa shape index (κ1) is 18.6. The van der Waals surface area contributed by atoms with Crippen molar-refractivity contribution in [1.29, 1.82) is 0 Å². The number of amides is 3. The minimum absolute atomic E-state index is 0.223. The highest BCUT2D eigenvalue weighted by Crippen LogP contribution is 2.24. The van der Waals surface area contributed by atoms with Gasteiger partial charge in [-0.2, -0.15) is 0 Å². The number of benzene rings is 1. The molecule has 0 fully saturated rings. The fraction of sp³-hybridized carbons (Fsp3) is 0.444. The Hall–Kier alpha value is -2.70. The average molecular weight is 346 g/mol. The normalized spacial score (nSPS) is 13.0. The number of methoxy groups -OCH3 is 1. The molecule has 0 aromatic heterocycles. The topological polar surface area (TPSA) is 92.8 Å². The van der Waals surface area contributed by atoms with Crippen LogP contribution in [-0.4, -0.2) is 48.8 Å². The van der Waals surface area contributed by atoms with Crippen molar-refractivity contribution in [2.24, 2.45) is 0 Å². The minimum Gasteiger partial charge on any atom is -0.469 e. The first-order valence-corrected chi connectivity index (χ1v) is 8.34. The van der Waals surface area contributed by atoms with Crippen LogP contribution in [0.1, 0.15) is 63.7 Å². The molecule has 134 valence electrons. The molecule has 1 aromatic rings. The summed E-state index contributed by atoms with van der Waals surface area (Å²) < 4.78 is 4.53. The molecule has 1 aromatic carbocycles. The summed E-state index contributed by atoms with van der Waals surface area (Å²) in [5.74, 6) is -1.34. The number of hydrogen-bond donors (Lipinski definition) is 1. The number of unbranched alkanes of at least 4 members (excludes halogenated alkanes) is 1. The molecule has 7 nitrogen and oxygen atoms in total. The van der Waals surface area contributed by atoms with Crippen molar-refractivity contribution in [3.63, 3.8) is 0 Å². The zero-order valence-corrected chi connectivity index (χ0v) is 14.5. The first-order chi connectivity index (χ1) is 12.0. The molecule has 1 aliphatic heterocycles. The minimum atomic E-state index is -0.353. The molecule has 1 N–H and O–H groups in total. The van der Waals surface area contributed by atoms with Gasteiger partial charge < -0.3 is 10.1 Å². The zero-order valence-electron chi connectivity index (χ0n) is 14.5. The van der Waals surface area contributed by atoms with Gasteiger partial charge in [0.05, 0.1) is 18.2 Å². The second-order valence-corrected chi connectivity index (χ2v) is 5.81. The maximum absolute atomic E-state index is 12.4. The Kier molecular flexibility index (Phi) is 6.27. The predicted octanol–water partition coefficient (Wildman–Crippen LogP) is 1.77. The molecule has 1 aliphatic rings. The van der Waals surface area contributed by atoms with E-state index >= 15 is 0 Å². The maximum atomic E-state index is 12.4. The number of fused-ring (bicyclic) bond motifs is 1. The van der Waals surface area contributed by atoms with Gasteiger partial charge in [0.15, 0.2) is 0 Å². The van der Waals surface area contributed by atoms with E-state index in [1.54, 1.807) is 0 Å². The molecule has 0 radical (unpaired) electrons. The number of hydrogen-bond acceptors (Lipinski definition) is 5. The van der Waals surface area contributed by atoms with E-state index in [0.717, 1.165) is 12.8 Å². The lowest BCUT2D eigenvalue weighted by atomic mass is 10.1. The average Bonchev–Trinajstić information content (AvgIpc) is 2.86. The van der Waals surface area contributed by atoms with Gasteiger partial charge in [-0.25, -0.2) is 0 Å². The van der Waals surface area contributed by atoms with Crippen molar-refractivity contribution >= 4 is 23.7 Å². The second-order valence-electron chi connectivity index (χ2n) is 5.81. The molecule has 0 saturated carbocycles. The number of carbonyl (C=O) groups excluding carboxylic acids is 4. The highest BCUT2D eigenvalue weighted by Gasteiger charge is 2.35. The van der Waals surface area contributed by atoms with Crippen LogP contribution in [0.15, 0.2) is 18.2 Å². The van der Waals surface area contributed by atoms with Crippen molar-refractivity contribution in [2.75, 3.05) is 20.2 Å². The summed E-state index contributed by atoms with van der Waals surface area (Å²) in [6.45, 7) is 2.69. The second kappa shape index (κ2) is 8.41.